The Hall–Kier alpha value is -2.10. The smallest absolute Gasteiger partial charge is 0.209 e. The molecule has 0 unspecified atom stereocenters. The molecule has 1 fully saturated rings. The number of piperazine rings is 1. The quantitative estimate of drug-likeness (QED) is 0.610. The fourth-order valence-electron chi connectivity index (χ4n) is 3.93. The van der Waals surface area contributed by atoms with Crippen LogP contribution in [0.15, 0.2) is 24.3 Å². The third-order valence-electron chi connectivity index (χ3n) is 5.41. The molecule has 0 radical (unpaired) electrons. The highest BCUT2D eigenvalue weighted by Crippen LogP contribution is 2.28. The SMILES string of the molecule is CCC[C@@H](c1nnnn1CCOC)[NH+]1CCN(c2nc3ccccc3s2)CC1. The third kappa shape index (κ3) is 4.01. The number of hydrogen-bond acceptors (Lipinski definition) is 7. The lowest BCUT2D eigenvalue weighted by Crippen LogP contribution is -3.15. The van der Waals surface area contributed by atoms with Gasteiger partial charge in [-0.2, -0.15) is 0 Å². The Morgan fingerprint density at radius 2 is 2.07 bits per heavy atom. The van der Waals surface area contributed by atoms with Crippen molar-refractivity contribution in [2.24, 2.45) is 0 Å². The van der Waals surface area contributed by atoms with E-state index in [1.807, 2.05) is 4.68 Å². The van der Waals surface area contributed by atoms with Crippen molar-refractivity contribution in [3.05, 3.63) is 30.1 Å². The molecule has 0 amide bonds. The van der Waals surface area contributed by atoms with Crippen LogP contribution in [0.4, 0.5) is 5.13 Å². The summed E-state index contributed by atoms with van der Waals surface area (Å²) in [5.74, 6) is 0.988. The van der Waals surface area contributed by atoms with E-state index in [0.29, 0.717) is 19.2 Å². The van der Waals surface area contributed by atoms with Crippen LogP contribution < -0.4 is 9.80 Å². The summed E-state index contributed by atoms with van der Waals surface area (Å²) < 4.78 is 8.38. The molecule has 9 heteroatoms. The molecule has 0 bridgehead atoms. The van der Waals surface area contributed by atoms with E-state index in [1.165, 1.54) is 4.70 Å². The summed E-state index contributed by atoms with van der Waals surface area (Å²) in [6.45, 7) is 7.70. The number of methoxy groups -OCH3 is 1. The standard InChI is InChI=1S/C19H27N7OS/c1-3-6-16(18-21-22-23-26(18)13-14-27-2)24-9-11-25(12-10-24)19-20-15-7-4-5-8-17(15)28-19/h4-5,7-8,16H,3,6,9-14H2,1-2H3/p+1/t16-/m0/s1. The number of fused-ring (bicyclic) bond motifs is 1. The van der Waals surface area contributed by atoms with Gasteiger partial charge in [-0.3, -0.25) is 0 Å². The lowest BCUT2D eigenvalue weighted by atomic mass is 10.1. The topological polar surface area (TPSA) is 73.4 Å². The van der Waals surface area contributed by atoms with E-state index in [9.17, 15) is 0 Å². The maximum absolute atomic E-state index is 5.21. The first-order valence-electron chi connectivity index (χ1n) is 10.00. The van der Waals surface area contributed by atoms with Crippen LogP contribution in [0.3, 0.4) is 0 Å². The number of benzene rings is 1. The first-order valence-corrected chi connectivity index (χ1v) is 10.8. The van der Waals surface area contributed by atoms with Crippen LogP contribution in [-0.2, 0) is 11.3 Å². The zero-order chi connectivity index (χ0) is 19.3. The molecule has 0 aliphatic carbocycles. The van der Waals surface area contributed by atoms with Gasteiger partial charge in [-0.05, 0) is 22.6 Å². The maximum Gasteiger partial charge on any atom is 0.209 e. The van der Waals surface area contributed by atoms with Gasteiger partial charge in [0, 0.05) is 13.5 Å². The number of rotatable bonds is 8. The highest BCUT2D eigenvalue weighted by molar-refractivity contribution is 7.22. The summed E-state index contributed by atoms with van der Waals surface area (Å²) >= 11 is 1.79. The number of thiazole rings is 1. The Morgan fingerprint density at radius 1 is 1.25 bits per heavy atom. The van der Waals surface area contributed by atoms with Gasteiger partial charge < -0.3 is 14.5 Å². The van der Waals surface area contributed by atoms with E-state index in [1.54, 1.807) is 23.3 Å². The minimum atomic E-state index is 0.328. The fraction of sp³-hybridized carbons (Fsp3) is 0.579. The van der Waals surface area contributed by atoms with Crippen molar-refractivity contribution in [3.8, 4) is 0 Å². The number of nitrogens with zero attached hydrogens (tertiary/aromatic N) is 6. The number of aromatic nitrogens is 5. The van der Waals surface area contributed by atoms with Gasteiger partial charge in [0.05, 0.1) is 49.5 Å². The Balaban J connectivity index is 1.45. The van der Waals surface area contributed by atoms with Crippen molar-refractivity contribution in [1.82, 2.24) is 25.2 Å². The minimum Gasteiger partial charge on any atom is -0.383 e. The van der Waals surface area contributed by atoms with Crippen molar-refractivity contribution in [1.29, 1.82) is 0 Å². The van der Waals surface area contributed by atoms with Crippen molar-refractivity contribution < 1.29 is 9.64 Å². The molecule has 1 atom stereocenters. The number of tetrazole rings is 1. The predicted molar refractivity (Wildman–Crippen MR) is 110 cm³/mol. The van der Waals surface area contributed by atoms with Crippen molar-refractivity contribution in [2.75, 3.05) is 44.8 Å². The molecule has 0 saturated carbocycles. The maximum atomic E-state index is 5.21. The Morgan fingerprint density at radius 3 is 2.82 bits per heavy atom. The molecule has 3 aromatic rings. The number of nitrogens with one attached hydrogen (secondary N) is 1. The summed E-state index contributed by atoms with van der Waals surface area (Å²) in [6, 6.07) is 8.70. The molecule has 1 aromatic carbocycles. The van der Waals surface area contributed by atoms with E-state index in [4.69, 9.17) is 9.72 Å². The largest absolute Gasteiger partial charge is 0.383 e. The molecule has 28 heavy (non-hydrogen) atoms. The van der Waals surface area contributed by atoms with Gasteiger partial charge in [-0.25, -0.2) is 9.67 Å². The number of anilines is 1. The molecule has 8 nitrogen and oxygen atoms in total. The van der Waals surface area contributed by atoms with Crippen molar-refractivity contribution in [2.45, 2.75) is 32.4 Å². The van der Waals surface area contributed by atoms with Crippen LogP contribution in [-0.4, -0.2) is 65.1 Å². The normalized spacial score (nSPS) is 16.7. The fourth-order valence-corrected chi connectivity index (χ4v) is 4.95. The van der Waals surface area contributed by atoms with E-state index >= 15 is 0 Å². The summed E-state index contributed by atoms with van der Waals surface area (Å²) in [6.07, 6.45) is 2.21. The molecule has 1 aliphatic heterocycles. The minimum absolute atomic E-state index is 0.328. The lowest BCUT2D eigenvalue weighted by molar-refractivity contribution is -0.933. The first kappa shape index (κ1) is 19.2. The first-order chi connectivity index (χ1) is 13.8. The second kappa shape index (κ2) is 8.93. The van der Waals surface area contributed by atoms with E-state index in [-0.39, 0.29) is 0 Å². The third-order valence-corrected chi connectivity index (χ3v) is 6.50. The number of hydrogen-bond donors (Lipinski definition) is 1. The zero-order valence-electron chi connectivity index (χ0n) is 16.5. The average Bonchev–Trinajstić information content (AvgIpc) is 3.37. The van der Waals surface area contributed by atoms with Gasteiger partial charge in [0.15, 0.2) is 5.13 Å². The van der Waals surface area contributed by atoms with Gasteiger partial charge in [-0.1, -0.05) is 36.8 Å². The monoisotopic (exact) mass is 402 g/mol. The van der Waals surface area contributed by atoms with E-state index in [2.05, 4.69) is 51.6 Å². The van der Waals surface area contributed by atoms with Crippen LogP contribution >= 0.6 is 11.3 Å². The highest BCUT2D eigenvalue weighted by Gasteiger charge is 2.32. The molecular weight excluding hydrogens is 374 g/mol. The van der Waals surface area contributed by atoms with Gasteiger partial charge in [0.1, 0.15) is 6.04 Å². The van der Waals surface area contributed by atoms with Gasteiger partial charge >= 0.3 is 0 Å². The molecule has 150 valence electrons. The number of para-hydroxylation sites is 1. The summed E-state index contributed by atoms with van der Waals surface area (Å²) in [7, 11) is 1.71. The van der Waals surface area contributed by atoms with E-state index < -0.39 is 0 Å². The van der Waals surface area contributed by atoms with Crippen molar-refractivity contribution in [3.63, 3.8) is 0 Å². The Labute approximate surface area is 169 Å². The van der Waals surface area contributed by atoms with Gasteiger partial charge in [0.2, 0.25) is 5.82 Å². The van der Waals surface area contributed by atoms with Crippen LogP contribution in [0.1, 0.15) is 31.6 Å². The molecule has 4 rings (SSSR count). The van der Waals surface area contributed by atoms with E-state index in [0.717, 1.165) is 55.5 Å². The summed E-state index contributed by atoms with van der Waals surface area (Å²) in [5.41, 5.74) is 1.10. The molecule has 1 aliphatic rings. The molecule has 0 spiro atoms. The number of ether oxygens (including phenoxy) is 1. The summed E-state index contributed by atoms with van der Waals surface area (Å²) in [5, 5.41) is 13.6. The second-order valence-corrected chi connectivity index (χ2v) is 8.21. The molecule has 1 saturated heterocycles. The van der Waals surface area contributed by atoms with Crippen LogP contribution in [0, 0.1) is 0 Å². The second-order valence-electron chi connectivity index (χ2n) is 7.20. The van der Waals surface area contributed by atoms with Crippen LogP contribution in [0.25, 0.3) is 10.2 Å². The van der Waals surface area contributed by atoms with Crippen molar-refractivity contribution >= 4 is 26.7 Å². The molecule has 3 heterocycles. The van der Waals surface area contributed by atoms with Gasteiger partial charge in [-0.15, -0.1) is 5.10 Å². The van der Waals surface area contributed by atoms with Gasteiger partial charge in [0.25, 0.3) is 0 Å². The molecule has 1 N–H and O–H groups in total. The highest BCUT2D eigenvalue weighted by atomic mass is 32.1. The zero-order valence-corrected chi connectivity index (χ0v) is 17.4. The number of quaternary nitrogens is 1. The lowest BCUT2D eigenvalue weighted by Gasteiger charge is -2.35. The average molecular weight is 403 g/mol. The molecular formula is C19H28N7OS+. The summed E-state index contributed by atoms with van der Waals surface area (Å²) in [4.78, 5) is 8.81. The molecule has 2 aromatic heterocycles. The van der Waals surface area contributed by atoms with Crippen LogP contribution in [0.2, 0.25) is 0 Å². The van der Waals surface area contributed by atoms with Crippen LogP contribution in [0.5, 0.6) is 0 Å². The Kier molecular flexibility index (Phi) is 6.13. The Bertz CT molecular complexity index is 854. The predicted octanol–water partition coefficient (Wildman–Crippen LogP) is 1.18.